The van der Waals surface area contributed by atoms with Crippen molar-refractivity contribution >= 4 is 5.52 Å². The summed E-state index contributed by atoms with van der Waals surface area (Å²) in [5.74, 6) is 0. The van der Waals surface area contributed by atoms with Crippen molar-refractivity contribution in [3.05, 3.63) is 30.1 Å². The first-order chi connectivity index (χ1) is 6.33. The van der Waals surface area contributed by atoms with Gasteiger partial charge < -0.3 is 10.8 Å². The van der Waals surface area contributed by atoms with E-state index in [1.165, 1.54) is 0 Å². The van der Waals surface area contributed by atoms with Crippen molar-refractivity contribution in [3.8, 4) is 0 Å². The van der Waals surface area contributed by atoms with Crippen molar-refractivity contribution in [2.45, 2.75) is 6.04 Å². The molecule has 0 bridgehead atoms. The Hall–Kier alpha value is -1.46. The van der Waals surface area contributed by atoms with E-state index in [2.05, 4.69) is 10.3 Å². The molecule has 68 valence electrons. The zero-order valence-corrected chi connectivity index (χ0v) is 6.96. The third kappa shape index (κ3) is 1.28. The molecule has 2 heterocycles. The van der Waals surface area contributed by atoms with Gasteiger partial charge in [-0.3, -0.25) is 0 Å². The van der Waals surface area contributed by atoms with Gasteiger partial charge in [0.1, 0.15) is 5.69 Å². The molecule has 1 unspecified atom stereocenters. The molecule has 13 heavy (non-hydrogen) atoms. The summed E-state index contributed by atoms with van der Waals surface area (Å²) in [7, 11) is 0. The number of nitrogens with zero attached hydrogens (tertiary/aromatic N) is 3. The highest BCUT2D eigenvalue weighted by atomic mass is 16.3. The number of aliphatic hydroxyl groups excluding tert-OH is 1. The molecule has 5 heteroatoms. The Kier molecular flexibility index (Phi) is 1.96. The summed E-state index contributed by atoms with van der Waals surface area (Å²) in [4.78, 5) is 0. The van der Waals surface area contributed by atoms with Gasteiger partial charge in [0.25, 0.3) is 0 Å². The fraction of sp³-hybridized carbons (Fsp3) is 0.250. The van der Waals surface area contributed by atoms with Crippen LogP contribution in [-0.2, 0) is 0 Å². The second kappa shape index (κ2) is 3.12. The molecule has 0 aliphatic carbocycles. The van der Waals surface area contributed by atoms with Crippen LogP contribution >= 0.6 is 0 Å². The number of fused-ring (bicyclic) bond motifs is 1. The van der Waals surface area contributed by atoms with Crippen molar-refractivity contribution in [1.82, 2.24) is 14.8 Å². The van der Waals surface area contributed by atoms with E-state index in [9.17, 15) is 0 Å². The summed E-state index contributed by atoms with van der Waals surface area (Å²) >= 11 is 0. The maximum Gasteiger partial charge on any atom is 0.110 e. The van der Waals surface area contributed by atoms with Crippen molar-refractivity contribution in [2.75, 3.05) is 6.61 Å². The molecule has 3 N–H and O–H groups in total. The van der Waals surface area contributed by atoms with Crippen LogP contribution in [0.1, 0.15) is 11.7 Å². The van der Waals surface area contributed by atoms with Gasteiger partial charge >= 0.3 is 0 Å². The average Bonchev–Trinajstić information content (AvgIpc) is 2.60. The molecule has 0 amide bonds. The predicted molar refractivity (Wildman–Crippen MR) is 47.0 cm³/mol. The van der Waals surface area contributed by atoms with Crippen LogP contribution in [0.5, 0.6) is 0 Å². The Bertz CT molecular complexity index is 411. The van der Waals surface area contributed by atoms with Gasteiger partial charge in [0.15, 0.2) is 0 Å². The van der Waals surface area contributed by atoms with E-state index in [0.29, 0.717) is 5.69 Å². The number of hydrogen-bond acceptors (Lipinski definition) is 4. The lowest BCUT2D eigenvalue weighted by Gasteiger charge is -2.02. The van der Waals surface area contributed by atoms with E-state index in [0.717, 1.165) is 5.52 Å². The van der Waals surface area contributed by atoms with E-state index in [1.54, 1.807) is 10.7 Å². The maximum absolute atomic E-state index is 8.86. The first-order valence-electron chi connectivity index (χ1n) is 3.99. The minimum Gasteiger partial charge on any atom is -0.394 e. The van der Waals surface area contributed by atoms with Crippen molar-refractivity contribution in [1.29, 1.82) is 0 Å². The number of rotatable bonds is 2. The number of aliphatic hydroxyl groups is 1. The second-order valence-corrected chi connectivity index (χ2v) is 2.79. The molecule has 0 spiro atoms. The summed E-state index contributed by atoms with van der Waals surface area (Å²) in [5.41, 5.74) is 7.10. The van der Waals surface area contributed by atoms with Gasteiger partial charge in [0.2, 0.25) is 0 Å². The lowest BCUT2D eigenvalue weighted by molar-refractivity contribution is 0.266. The van der Waals surface area contributed by atoms with E-state index in [4.69, 9.17) is 10.8 Å². The van der Waals surface area contributed by atoms with Gasteiger partial charge in [0.05, 0.1) is 18.2 Å². The number of aromatic nitrogens is 3. The highest BCUT2D eigenvalue weighted by Gasteiger charge is 2.12. The minimum absolute atomic E-state index is 0.122. The molecule has 0 aliphatic rings. The Morgan fingerprint density at radius 1 is 1.54 bits per heavy atom. The van der Waals surface area contributed by atoms with Crippen LogP contribution in [0, 0.1) is 0 Å². The fourth-order valence-electron chi connectivity index (χ4n) is 1.21. The van der Waals surface area contributed by atoms with Gasteiger partial charge in [-0.25, -0.2) is 4.52 Å². The predicted octanol–water partition coefficient (Wildman–Crippen LogP) is -0.279. The normalized spacial score (nSPS) is 13.4. The topological polar surface area (TPSA) is 76.4 Å². The average molecular weight is 178 g/mol. The van der Waals surface area contributed by atoms with Gasteiger partial charge in [0, 0.05) is 6.20 Å². The van der Waals surface area contributed by atoms with Crippen LogP contribution in [0.3, 0.4) is 0 Å². The molecule has 0 aromatic carbocycles. The van der Waals surface area contributed by atoms with Crippen molar-refractivity contribution < 1.29 is 5.11 Å². The highest BCUT2D eigenvalue weighted by Crippen LogP contribution is 2.12. The molecule has 1 atom stereocenters. The van der Waals surface area contributed by atoms with Crippen LogP contribution in [0.4, 0.5) is 0 Å². The van der Waals surface area contributed by atoms with Gasteiger partial charge in [-0.05, 0) is 12.1 Å². The largest absolute Gasteiger partial charge is 0.394 e. The summed E-state index contributed by atoms with van der Waals surface area (Å²) < 4.78 is 1.63. The zero-order valence-electron chi connectivity index (χ0n) is 6.96. The number of pyridine rings is 1. The molecular weight excluding hydrogens is 168 g/mol. The maximum atomic E-state index is 8.86. The van der Waals surface area contributed by atoms with Crippen LogP contribution in [-0.4, -0.2) is 26.5 Å². The molecule has 0 radical (unpaired) electrons. The molecule has 2 aromatic heterocycles. The lowest BCUT2D eigenvalue weighted by Crippen LogP contribution is -2.15. The van der Waals surface area contributed by atoms with E-state index in [1.807, 2.05) is 18.2 Å². The molecule has 2 aromatic rings. The second-order valence-electron chi connectivity index (χ2n) is 2.79. The Morgan fingerprint density at radius 3 is 3.15 bits per heavy atom. The standard InChI is InChI=1S/C8H10N4O/c9-6(5-13)8-7-3-1-2-4-12(7)11-10-8/h1-4,6,13H,5,9H2. The number of hydrogen-bond donors (Lipinski definition) is 2. The third-order valence-electron chi connectivity index (χ3n) is 1.90. The minimum atomic E-state index is -0.458. The monoisotopic (exact) mass is 178 g/mol. The molecule has 0 saturated carbocycles. The lowest BCUT2D eigenvalue weighted by atomic mass is 10.2. The summed E-state index contributed by atoms with van der Waals surface area (Å²) in [6.07, 6.45) is 1.79. The summed E-state index contributed by atoms with van der Waals surface area (Å²) in [5, 5.41) is 16.6. The van der Waals surface area contributed by atoms with Crippen molar-refractivity contribution in [2.24, 2.45) is 5.73 Å². The third-order valence-corrected chi connectivity index (χ3v) is 1.90. The van der Waals surface area contributed by atoms with Gasteiger partial charge in [-0.15, -0.1) is 5.10 Å². The van der Waals surface area contributed by atoms with Gasteiger partial charge in [-0.2, -0.15) is 0 Å². The van der Waals surface area contributed by atoms with Crippen LogP contribution in [0.15, 0.2) is 24.4 Å². The van der Waals surface area contributed by atoms with E-state index in [-0.39, 0.29) is 6.61 Å². The van der Waals surface area contributed by atoms with Gasteiger partial charge in [-0.1, -0.05) is 11.3 Å². The molecule has 0 aliphatic heterocycles. The van der Waals surface area contributed by atoms with Crippen LogP contribution in [0.2, 0.25) is 0 Å². The first-order valence-corrected chi connectivity index (χ1v) is 3.99. The Labute approximate surface area is 74.8 Å². The number of nitrogens with two attached hydrogens (primary N) is 1. The van der Waals surface area contributed by atoms with Crippen molar-refractivity contribution in [3.63, 3.8) is 0 Å². The smallest absolute Gasteiger partial charge is 0.110 e. The Morgan fingerprint density at radius 2 is 2.38 bits per heavy atom. The van der Waals surface area contributed by atoms with Crippen LogP contribution in [0.25, 0.3) is 5.52 Å². The molecule has 0 saturated heterocycles. The van der Waals surface area contributed by atoms with Crippen LogP contribution < -0.4 is 5.73 Å². The molecular formula is C8H10N4O. The summed E-state index contributed by atoms with van der Waals surface area (Å²) in [6.45, 7) is -0.122. The zero-order chi connectivity index (χ0) is 9.26. The Balaban J connectivity index is 2.57. The molecule has 2 rings (SSSR count). The molecule has 5 nitrogen and oxygen atoms in total. The molecule has 0 fully saturated rings. The highest BCUT2D eigenvalue weighted by molar-refractivity contribution is 5.51. The first kappa shape index (κ1) is 8.15. The fourth-order valence-corrected chi connectivity index (χ4v) is 1.21. The summed E-state index contributed by atoms with van der Waals surface area (Å²) in [6, 6.07) is 5.15. The van der Waals surface area contributed by atoms with E-state index < -0.39 is 6.04 Å². The van der Waals surface area contributed by atoms with E-state index >= 15 is 0 Å². The quantitative estimate of drug-likeness (QED) is 0.663. The SMILES string of the molecule is NC(CO)c1nnn2ccccc12.